The second-order valence-electron chi connectivity index (χ2n) is 5.56. The van der Waals surface area contributed by atoms with Crippen molar-refractivity contribution in [2.75, 3.05) is 38.2 Å². The lowest BCUT2D eigenvalue weighted by molar-refractivity contribution is -0.384. The number of aryl methyl sites for hydroxylation is 1. The van der Waals surface area contributed by atoms with Crippen molar-refractivity contribution in [3.05, 3.63) is 33.9 Å². The average molecular weight is 277 g/mol. The Morgan fingerprint density at radius 2 is 2.20 bits per heavy atom. The molecule has 6 heteroatoms. The molecule has 2 heterocycles. The highest BCUT2D eigenvalue weighted by Gasteiger charge is 2.40. The van der Waals surface area contributed by atoms with Crippen LogP contribution in [0.3, 0.4) is 0 Å². The summed E-state index contributed by atoms with van der Waals surface area (Å²) < 4.78 is 5.81. The molecular formula is C14H19N3O3. The standard InChI is InChI=1S/C14H19N3O3/c1-10-4-3-5-11(17(18)19)14(10)16-8-12-13(9-16)20-7-6-15(12)2/h3-5,12-13H,6-9H2,1-2H3. The fourth-order valence-corrected chi connectivity index (χ4v) is 3.24. The van der Waals surface area contributed by atoms with Crippen molar-refractivity contribution in [1.82, 2.24) is 4.90 Å². The Bertz CT molecular complexity index is 534. The van der Waals surface area contributed by atoms with Gasteiger partial charge in [-0.25, -0.2) is 0 Å². The van der Waals surface area contributed by atoms with Gasteiger partial charge >= 0.3 is 0 Å². The maximum atomic E-state index is 11.2. The maximum absolute atomic E-state index is 11.2. The second-order valence-corrected chi connectivity index (χ2v) is 5.56. The summed E-state index contributed by atoms with van der Waals surface area (Å²) in [5, 5.41) is 11.2. The molecule has 3 rings (SSSR count). The van der Waals surface area contributed by atoms with E-state index in [0.717, 1.165) is 37.5 Å². The van der Waals surface area contributed by atoms with E-state index in [9.17, 15) is 10.1 Å². The van der Waals surface area contributed by atoms with E-state index < -0.39 is 0 Å². The van der Waals surface area contributed by atoms with Gasteiger partial charge in [-0.15, -0.1) is 0 Å². The van der Waals surface area contributed by atoms with Gasteiger partial charge in [0, 0.05) is 25.7 Å². The van der Waals surface area contributed by atoms with Gasteiger partial charge < -0.3 is 9.64 Å². The second kappa shape index (κ2) is 5.03. The fourth-order valence-electron chi connectivity index (χ4n) is 3.24. The van der Waals surface area contributed by atoms with Crippen LogP contribution in [0.4, 0.5) is 11.4 Å². The van der Waals surface area contributed by atoms with Gasteiger partial charge in [-0.3, -0.25) is 15.0 Å². The van der Waals surface area contributed by atoms with Crippen molar-refractivity contribution < 1.29 is 9.66 Å². The van der Waals surface area contributed by atoms with Gasteiger partial charge in [0.05, 0.1) is 23.7 Å². The third-order valence-electron chi connectivity index (χ3n) is 4.31. The van der Waals surface area contributed by atoms with E-state index >= 15 is 0 Å². The molecule has 0 bridgehead atoms. The van der Waals surface area contributed by atoms with Crippen molar-refractivity contribution in [3.63, 3.8) is 0 Å². The first-order valence-electron chi connectivity index (χ1n) is 6.88. The third-order valence-corrected chi connectivity index (χ3v) is 4.31. The number of morpholine rings is 1. The summed E-state index contributed by atoms with van der Waals surface area (Å²) in [6.07, 6.45) is 0.146. The smallest absolute Gasteiger partial charge is 0.292 e. The molecular weight excluding hydrogens is 258 g/mol. The van der Waals surface area contributed by atoms with E-state index in [4.69, 9.17) is 4.74 Å². The first-order valence-corrected chi connectivity index (χ1v) is 6.88. The van der Waals surface area contributed by atoms with E-state index in [0.29, 0.717) is 6.04 Å². The van der Waals surface area contributed by atoms with Gasteiger partial charge in [0.25, 0.3) is 5.69 Å². The molecule has 0 N–H and O–H groups in total. The van der Waals surface area contributed by atoms with E-state index in [1.807, 2.05) is 13.0 Å². The summed E-state index contributed by atoms with van der Waals surface area (Å²) in [6.45, 7) is 5.09. The molecule has 0 saturated carbocycles. The number of nitro benzene ring substituents is 1. The third kappa shape index (κ3) is 2.14. The van der Waals surface area contributed by atoms with Gasteiger partial charge in [-0.2, -0.15) is 0 Å². The molecule has 2 fully saturated rings. The predicted octanol–water partition coefficient (Wildman–Crippen LogP) is 1.42. The number of hydrogen-bond donors (Lipinski definition) is 0. The molecule has 2 aliphatic rings. The van der Waals surface area contributed by atoms with Gasteiger partial charge in [0.2, 0.25) is 0 Å². The number of rotatable bonds is 2. The molecule has 20 heavy (non-hydrogen) atoms. The van der Waals surface area contributed by atoms with Crippen LogP contribution in [0.1, 0.15) is 5.56 Å². The molecule has 1 aromatic rings. The van der Waals surface area contributed by atoms with Gasteiger partial charge in [0.1, 0.15) is 5.69 Å². The Morgan fingerprint density at radius 1 is 1.40 bits per heavy atom. The summed E-state index contributed by atoms with van der Waals surface area (Å²) in [5.74, 6) is 0. The highest BCUT2D eigenvalue weighted by Crippen LogP contribution is 2.35. The molecule has 2 saturated heterocycles. The van der Waals surface area contributed by atoms with Crippen LogP contribution in [-0.4, -0.2) is 55.3 Å². The van der Waals surface area contributed by atoms with Gasteiger partial charge in [-0.1, -0.05) is 12.1 Å². The molecule has 2 atom stereocenters. The number of likely N-dealkylation sites (N-methyl/N-ethyl adjacent to an activating group) is 1. The minimum atomic E-state index is -0.297. The average Bonchev–Trinajstić information content (AvgIpc) is 2.83. The van der Waals surface area contributed by atoms with Gasteiger partial charge in [0.15, 0.2) is 0 Å². The highest BCUT2D eigenvalue weighted by atomic mass is 16.6. The zero-order valence-electron chi connectivity index (χ0n) is 11.8. The number of anilines is 1. The zero-order chi connectivity index (χ0) is 14.3. The number of hydrogen-bond acceptors (Lipinski definition) is 5. The van der Waals surface area contributed by atoms with Crippen LogP contribution in [0.5, 0.6) is 0 Å². The number of nitro groups is 1. The number of ether oxygens (including phenoxy) is 1. The van der Waals surface area contributed by atoms with E-state index in [-0.39, 0.29) is 16.7 Å². The number of para-hydroxylation sites is 1. The summed E-state index contributed by atoms with van der Waals surface area (Å²) in [6, 6.07) is 5.56. The molecule has 2 unspecified atom stereocenters. The monoisotopic (exact) mass is 277 g/mol. The Hall–Kier alpha value is -1.66. The van der Waals surface area contributed by atoms with E-state index in [1.54, 1.807) is 12.1 Å². The largest absolute Gasteiger partial charge is 0.373 e. The van der Waals surface area contributed by atoms with Crippen molar-refractivity contribution in [2.24, 2.45) is 0 Å². The molecule has 0 aromatic heterocycles. The van der Waals surface area contributed by atoms with E-state index in [1.165, 1.54) is 0 Å². The molecule has 108 valence electrons. The summed E-state index contributed by atoms with van der Waals surface area (Å²) in [7, 11) is 2.09. The Balaban J connectivity index is 1.93. The van der Waals surface area contributed by atoms with E-state index in [2.05, 4.69) is 16.8 Å². The zero-order valence-corrected chi connectivity index (χ0v) is 11.8. The van der Waals surface area contributed by atoms with Crippen LogP contribution in [-0.2, 0) is 4.74 Å². The highest BCUT2D eigenvalue weighted by molar-refractivity contribution is 5.68. The van der Waals surface area contributed by atoms with Crippen LogP contribution in [0, 0.1) is 17.0 Å². The van der Waals surface area contributed by atoms with Crippen molar-refractivity contribution >= 4 is 11.4 Å². The minimum Gasteiger partial charge on any atom is -0.373 e. The normalized spacial score (nSPS) is 26.6. The van der Waals surface area contributed by atoms with Gasteiger partial charge in [-0.05, 0) is 19.5 Å². The lowest BCUT2D eigenvalue weighted by atomic mass is 10.1. The molecule has 0 spiro atoms. The molecule has 0 amide bonds. The van der Waals surface area contributed by atoms with Crippen LogP contribution in [0.25, 0.3) is 0 Å². The van der Waals surface area contributed by atoms with Crippen LogP contribution in [0.2, 0.25) is 0 Å². The maximum Gasteiger partial charge on any atom is 0.292 e. The van der Waals surface area contributed by atoms with Crippen LogP contribution in [0.15, 0.2) is 18.2 Å². The molecule has 0 radical (unpaired) electrons. The lowest BCUT2D eigenvalue weighted by Gasteiger charge is -2.33. The minimum absolute atomic E-state index is 0.146. The lowest BCUT2D eigenvalue weighted by Crippen LogP contribution is -2.48. The Labute approximate surface area is 118 Å². The van der Waals surface area contributed by atoms with Crippen molar-refractivity contribution in [2.45, 2.75) is 19.1 Å². The first kappa shape index (κ1) is 13.3. The number of benzene rings is 1. The van der Waals surface area contributed by atoms with Crippen molar-refractivity contribution in [3.8, 4) is 0 Å². The van der Waals surface area contributed by atoms with Crippen LogP contribution < -0.4 is 4.90 Å². The predicted molar refractivity (Wildman–Crippen MR) is 76.2 cm³/mol. The topological polar surface area (TPSA) is 58.9 Å². The fraction of sp³-hybridized carbons (Fsp3) is 0.571. The molecule has 1 aromatic carbocycles. The summed E-state index contributed by atoms with van der Waals surface area (Å²) in [4.78, 5) is 15.3. The Kier molecular flexibility index (Phi) is 3.35. The SMILES string of the molecule is Cc1cccc([N+](=O)[O-])c1N1CC2OCCN(C)C2C1. The Morgan fingerprint density at radius 3 is 2.90 bits per heavy atom. The number of nitrogens with zero attached hydrogens (tertiary/aromatic N) is 3. The molecule has 6 nitrogen and oxygen atoms in total. The first-order chi connectivity index (χ1) is 9.58. The quantitative estimate of drug-likeness (QED) is 0.604. The molecule has 2 aliphatic heterocycles. The number of fused-ring (bicyclic) bond motifs is 1. The van der Waals surface area contributed by atoms with Crippen molar-refractivity contribution in [1.29, 1.82) is 0 Å². The summed E-state index contributed by atoms with van der Waals surface area (Å²) >= 11 is 0. The van der Waals surface area contributed by atoms with Crippen LogP contribution >= 0.6 is 0 Å². The molecule has 0 aliphatic carbocycles. The summed E-state index contributed by atoms with van der Waals surface area (Å²) in [5.41, 5.74) is 1.87.